The lowest BCUT2D eigenvalue weighted by molar-refractivity contribution is 0.0692. The summed E-state index contributed by atoms with van der Waals surface area (Å²) in [5.74, 6) is -1.10. The number of urea groups is 1. The lowest BCUT2D eigenvalue weighted by atomic mass is 10.0. The van der Waals surface area contributed by atoms with Crippen molar-refractivity contribution in [2.24, 2.45) is 5.41 Å². The van der Waals surface area contributed by atoms with Gasteiger partial charge in [-0.25, -0.2) is 9.59 Å². The fourth-order valence-corrected chi connectivity index (χ4v) is 2.30. The third-order valence-corrected chi connectivity index (χ3v) is 3.83. The second-order valence-corrected chi connectivity index (χ2v) is 5.60. The summed E-state index contributed by atoms with van der Waals surface area (Å²) in [6, 6.07) is 1.21. The molecule has 2 amide bonds. The third kappa shape index (κ3) is 3.98. The molecule has 0 spiro atoms. The van der Waals surface area contributed by atoms with E-state index in [1.807, 2.05) is 0 Å². The predicted molar refractivity (Wildman–Crippen MR) is 77.7 cm³/mol. The van der Waals surface area contributed by atoms with E-state index >= 15 is 0 Å². The van der Waals surface area contributed by atoms with Crippen LogP contribution in [-0.4, -0.2) is 42.4 Å². The second kappa shape index (κ2) is 6.17. The molecule has 4 N–H and O–H groups in total. The molecule has 0 bridgehead atoms. The molecular formula is C14H21N3O4. The maximum Gasteiger partial charge on any atom is 0.354 e. The number of anilines is 1. The number of carbonyl (C=O) groups is 2. The topological polar surface area (TPSA) is 103 Å². The van der Waals surface area contributed by atoms with E-state index in [4.69, 9.17) is 9.84 Å². The number of aromatic carboxylic acids is 1. The van der Waals surface area contributed by atoms with Crippen LogP contribution in [0.4, 0.5) is 10.5 Å². The number of aromatic nitrogens is 1. The molecule has 0 aliphatic heterocycles. The molecule has 1 saturated carbocycles. The number of rotatable bonds is 7. The van der Waals surface area contributed by atoms with Gasteiger partial charge in [-0.2, -0.15) is 0 Å². The van der Waals surface area contributed by atoms with E-state index in [2.05, 4.69) is 15.6 Å². The van der Waals surface area contributed by atoms with E-state index in [0.29, 0.717) is 18.8 Å². The van der Waals surface area contributed by atoms with Crippen molar-refractivity contribution in [3.8, 4) is 0 Å². The number of nitrogens with one attached hydrogen (secondary N) is 3. The van der Waals surface area contributed by atoms with E-state index in [1.165, 1.54) is 0 Å². The normalized spacial score (nSPS) is 15.5. The summed E-state index contributed by atoms with van der Waals surface area (Å²) >= 11 is 0. The van der Waals surface area contributed by atoms with Gasteiger partial charge in [-0.3, -0.25) is 0 Å². The van der Waals surface area contributed by atoms with Gasteiger partial charge < -0.3 is 25.5 Å². The summed E-state index contributed by atoms with van der Waals surface area (Å²) in [6.45, 7) is 3.00. The number of carbonyl (C=O) groups excluding carboxylic acids is 1. The van der Waals surface area contributed by atoms with Crippen molar-refractivity contribution in [3.63, 3.8) is 0 Å². The molecule has 7 heteroatoms. The maximum atomic E-state index is 11.9. The molecule has 21 heavy (non-hydrogen) atoms. The van der Waals surface area contributed by atoms with Crippen LogP contribution in [0.15, 0.2) is 6.07 Å². The van der Waals surface area contributed by atoms with Crippen molar-refractivity contribution in [1.29, 1.82) is 0 Å². The summed E-state index contributed by atoms with van der Waals surface area (Å²) in [5, 5.41) is 14.4. The van der Waals surface area contributed by atoms with E-state index in [9.17, 15) is 9.59 Å². The number of carboxylic acids is 1. The highest BCUT2D eigenvalue weighted by molar-refractivity contribution is 5.99. The van der Waals surface area contributed by atoms with Crippen molar-refractivity contribution in [1.82, 2.24) is 10.3 Å². The smallest absolute Gasteiger partial charge is 0.354 e. The zero-order valence-corrected chi connectivity index (χ0v) is 12.3. The van der Waals surface area contributed by atoms with Gasteiger partial charge in [0.25, 0.3) is 0 Å². The molecule has 0 atom stereocenters. The average molecular weight is 295 g/mol. The first-order valence-electron chi connectivity index (χ1n) is 6.92. The molecule has 1 aliphatic rings. The first-order chi connectivity index (χ1) is 9.96. The fourth-order valence-electron chi connectivity index (χ4n) is 2.30. The molecule has 7 nitrogen and oxygen atoms in total. The quantitative estimate of drug-likeness (QED) is 0.617. The monoisotopic (exact) mass is 295 g/mol. The van der Waals surface area contributed by atoms with Crippen LogP contribution in [0.1, 0.15) is 35.4 Å². The number of amides is 2. The minimum Gasteiger partial charge on any atom is -0.477 e. The van der Waals surface area contributed by atoms with E-state index < -0.39 is 5.97 Å². The van der Waals surface area contributed by atoms with Gasteiger partial charge in [-0.05, 0) is 37.7 Å². The van der Waals surface area contributed by atoms with Crippen molar-refractivity contribution in [3.05, 3.63) is 17.5 Å². The Hall–Kier alpha value is -2.02. The van der Waals surface area contributed by atoms with Gasteiger partial charge >= 0.3 is 12.0 Å². The van der Waals surface area contributed by atoms with Crippen LogP contribution in [0.25, 0.3) is 0 Å². The van der Waals surface area contributed by atoms with Gasteiger partial charge in [-0.1, -0.05) is 0 Å². The summed E-state index contributed by atoms with van der Waals surface area (Å²) in [7, 11) is 1.66. The molecule has 0 unspecified atom stereocenters. The first-order valence-corrected chi connectivity index (χ1v) is 6.92. The average Bonchev–Trinajstić information content (AvgIpc) is 3.11. The van der Waals surface area contributed by atoms with Crippen LogP contribution < -0.4 is 10.6 Å². The van der Waals surface area contributed by atoms with Crippen molar-refractivity contribution >= 4 is 17.7 Å². The van der Waals surface area contributed by atoms with Gasteiger partial charge in [0.15, 0.2) is 0 Å². The van der Waals surface area contributed by atoms with Crippen LogP contribution in [-0.2, 0) is 4.74 Å². The predicted octanol–water partition coefficient (Wildman–Crippen LogP) is 1.96. The summed E-state index contributed by atoms with van der Waals surface area (Å²) in [6.07, 6.45) is 3.09. The van der Waals surface area contributed by atoms with Gasteiger partial charge in [0.2, 0.25) is 0 Å². The number of hydrogen-bond donors (Lipinski definition) is 4. The van der Waals surface area contributed by atoms with E-state index in [1.54, 1.807) is 20.1 Å². The van der Waals surface area contributed by atoms with Crippen molar-refractivity contribution < 1.29 is 19.4 Å². The van der Waals surface area contributed by atoms with E-state index in [0.717, 1.165) is 19.3 Å². The lowest BCUT2D eigenvalue weighted by Gasteiger charge is -2.15. The molecule has 1 aromatic heterocycles. The Morgan fingerprint density at radius 1 is 1.48 bits per heavy atom. The van der Waals surface area contributed by atoms with Crippen molar-refractivity contribution in [2.45, 2.75) is 26.2 Å². The lowest BCUT2D eigenvalue weighted by Crippen LogP contribution is -2.34. The Kier molecular flexibility index (Phi) is 4.52. The minimum atomic E-state index is -1.10. The molecule has 0 radical (unpaired) electrons. The first kappa shape index (κ1) is 15.4. The minimum absolute atomic E-state index is 0.0110. The summed E-state index contributed by atoms with van der Waals surface area (Å²) in [4.78, 5) is 25.6. The van der Waals surface area contributed by atoms with Gasteiger partial charge in [0.1, 0.15) is 5.69 Å². The Balaban J connectivity index is 1.86. The van der Waals surface area contributed by atoms with Crippen LogP contribution in [0.3, 0.4) is 0 Å². The summed E-state index contributed by atoms with van der Waals surface area (Å²) in [5.41, 5.74) is 1.10. The van der Waals surface area contributed by atoms with Gasteiger partial charge in [-0.15, -0.1) is 0 Å². The van der Waals surface area contributed by atoms with E-state index in [-0.39, 0.29) is 22.8 Å². The number of ether oxygens (including phenoxy) is 1. The Labute approximate surface area is 123 Å². The molecule has 1 aliphatic carbocycles. The molecular weight excluding hydrogens is 274 g/mol. The zero-order valence-electron chi connectivity index (χ0n) is 12.3. The number of methoxy groups -OCH3 is 1. The highest BCUT2D eigenvalue weighted by atomic mass is 16.5. The highest BCUT2D eigenvalue weighted by Crippen LogP contribution is 2.48. The molecule has 0 aromatic carbocycles. The molecule has 2 rings (SSSR count). The molecule has 1 fully saturated rings. The SMILES string of the molecule is COCCC1(CNC(=O)Nc2cc(C)[nH]c2C(=O)O)CC1. The molecule has 116 valence electrons. The Morgan fingerprint density at radius 3 is 2.76 bits per heavy atom. The fraction of sp³-hybridized carbons (Fsp3) is 0.571. The summed E-state index contributed by atoms with van der Waals surface area (Å²) < 4.78 is 5.07. The van der Waals surface area contributed by atoms with Gasteiger partial charge in [0.05, 0.1) is 5.69 Å². The zero-order chi connectivity index (χ0) is 15.5. The van der Waals surface area contributed by atoms with Crippen LogP contribution in [0, 0.1) is 12.3 Å². The number of H-pyrrole nitrogens is 1. The Morgan fingerprint density at radius 2 is 2.19 bits per heavy atom. The van der Waals surface area contributed by atoms with Crippen LogP contribution in [0.5, 0.6) is 0 Å². The molecule has 1 aromatic rings. The largest absolute Gasteiger partial charge is 0.477 e. The third-order valence-electron chi connectivity index (χ3n) is 3.83. The number of aryl methyl sites for hydroxylation is 1. The second-order valence-electron chi connectivity index (χ2n) is 5.60. The van der Waals surface area contributed by atoms with Crippen molar-refractivity contribution in [2.75, 3.05) is 25.6 Å². The standard InChI is InChI=1S/C14H21N3O4/c1-9-7-10(11(16-9)12(18)19)17-13(20)15-8-14(3-4-14)5-6-21-2/h7,16H,3-6,8H2,1-2H3,(H,18,19)(H2,15,17,20). The van der Waals surface area contributed by atoms with Crippen LogP contribution in [0.2, 0.25) is 0 Å². The molecule has 1 heterocycles. The maximum absolute atomic E-state index is 11.9. The number of hydrogen-bond acceptors (Lipinski definition) is 3. The number of carboxylic acid groups (broad SMARTS) is 1. The van der Waals surface area contributed by atoms with Gasteiger partial charge in [0, 0.05) is 26.0 Å². The number of aromatic amines is 1. The van der Waals surface area contributed by atoms with Crippen LogP contribution >= 0.6 is 0 Å². The Bertz CT molecular complexity index is 534. The highest BCUT2D eigenvalue weighted by Gasteiger charge is 2.42. The molecule has 0 saturated heterocycles.